The number of hydrogen-bond donors (Lipinski definition) is 3. The van der Waals surface area contributed by atoms with Crippen molar-refractivity contribution >= 4 is 40.0 Å². The zero-order valence-corrected chi connectivity index (χ0v) is 17.9. The van der Waals surface area contributed by atoms with Crippen molar-refractivity contribution in [1.82, 2.24) is 15.4 Å². The zero-order chi connectivity index (χ0) is 17.3. The second-order valence-electron chi connectivity index (χ2n) is 5.82. The monoisotopic (exact) mass is 468 g/mol. The summed E-state index contributed by atoms with van der Waals surface area (Å²) >= 11 is 0. The number of aliphatic imine (C=N–C) groups is 1. The fourth-order valence-electron chi connectivity index (χ4n) is 1.87. The number of nitrogens with one attached hydrogen (secondary N) is 3. The molecule has 3 N–H and O–H groups in total. The smallest absolute Gasteiger partial charge is 0.240 e. The van der Waals surface area contributed by atoms with Gasteiger partial charge in [-0.3, -0.25) is 4.99 Å². The van der Waals surface area contributed by atoms with Crippen molar-refractivity contribution in [3.8, 4) is 0 Å². The molecule has 0 radical (unpaired) electrons. The van der Waals surface area contributed by atoms with Crippen LogP contribution in [0.2, 0.25) is 0 Å². The Balaban J connectivity index is 0.00000529. The van der Waals surface area contributed by atoms with Gasteiger partial charge in [-0.25, -0.2) is 13.1 Å². The van der Waals surface area contributed by atoms with Crippen molar-refractivity contribution < 1.29 is 8.42 Å². The highest BCUT2D eigenvalue weighted by Crippen LogP contribution is 2.09. The molecule has 0 aromatic heterocycles. The third-order valence-electron chi connectivity index (χ3n) is 3.28. The Morgan fingerprint density at radius 2 is 1.67 bits per heavy atom. The molecule has 6 nitrogen and oxygen atoms in total. The van der Waals surface area contributed by atoms with Crippen LogP contribution in [0.4, 0.5) is 0 Å². The third kappa shape index (κ3) is 8.84. The van der Waals surface area contributed by atoms with Gasteiger partial charge in [0.25, 0.3) is 0 Å². The van der Waals surface area contributed by atoms with Gasteiger partial charge in [0.05, 0.1) is 4.90 Å². The molecule has 0 atom stereocenters. The Morgan fingerprint density at radius 3 is 2.21 bits per heavy atom. The van der Waals surface area contributed by atoms with Gasteiger partial charge in [0.2, 0.25) is 10.0 Å². The van der Waals surface area contributed by atoms with E-state index >= 15 is 0 Å². The van der Waals surface area contributed by atoms with Crippen molar-refractivity contribution in [3.05, 3.63) is 29.8 Å². The summed E-state index contributed by atoms with van der Waals surface area (Å²) in [5.74, 6) is 1.31. The summed E-state index contributed by atoms with van der Waals surface area (Å²) in [4.78, 5) is 4.38. The zero-order valence-electron chi connectivity index (χ0n) is 14.8. The minimum atomic E-state index is -3.46. The number of aryl methyl sites for hydroxylation is 1. The van der Waals surface area contributed by atoms with Crippen LogP contribution in [0, 0.1) is 12.8 Å². The summed E-state index contributed by atoms with van der Waals surface area (Å²) < 4.78 is 26.8. The summed E-state index contributed by atoms with van der Waals surface area (Å²) in [5.41, 5.74) is 1.03. The second-order valence-corrected chi connectivity index (χ2v) is 7.59. The number of hydrogen-bond acceptors (Lipinski definition) is 3. The maximum atomic E-state index is 12.1. The maximum absolute atomic E-state index is 12.1. The van der Waals surface area contributed by atoms with E-state index in [0.29, 0.717) is 25.0 Å². The predicted molar refractivity (Wildman–Crippen MR) is 111 cm³/mol. The lowest BCUT2D eigenvalue weighted by atomic mass is 10.1. The molecule has 0 heterocycles. The van der Waals surface area contributed by atoms with Gasteiger partial charge in [-0.2, -0.15) is 0 Å². The highest BCUT2D eigenvalue weighted by atomic mass is 127. The molecule has 0 aliphatic carbocycles. The van der Waals surface area contributed by atoms with Crippen LogP contribution in [0.1, 0.15) is 25.8 Å². The summed E-state index contributed by atoms with van der Waals surface area (Å²) in [6.45, 7) is 7.85. The Kier molecular flexibility index (Phi) is 11.2. The van der Waals surface area contributed by atoms with E-state index in [2.05, 4.69) is 34.2 Å². The minimum absolute atomic E-state index is 0. The Morgan fingerprint density at radius 1 is 1.08 bits per heavy atom. The van der Waals surface area contributed by atoms with Crippen LogP contribution in [0.25, 0.3) is 0 Å². The number of benzene rings is 1. The molecule has 1 rings (SSSR count). The number of rotatable bonds is 8. The van der Waals surface area contributed by atoms with E-state index in [-0.39, 0.29) is 28.9 Å². The first-order valence-electron chi connectivity index (χ1n) is 7.86. The number of halogens is 1. The SMILES string of the molecule is CN=C(NCCNS(=O)(=O)c1ccc(C)cc1)NCCC(C)C.I. The van der Waals surface area contributed by atoms with Gasteiger partial charge in [-0.15, -0.1) is 24.0 Å². The maximum Gasteiger partial charge on any atom is 0.240 e. The van der Waals surface area contributed by atoms with Crippen LogP contribution in [0.5, 0.6) is 0 Å². The number of guanidine groups is 1. The Hall–Kier alpha value is -0.870. The number of nitrogens with zero attached hydrogens (tertiary/aromatic N) is 1. The lowest BCUT2D eigenvalue weighted by Gasteiger charge is -2.13. The molecule has 0 saturated heterocycles. The summed E-state index contributed by atoms with van der Waals surface area (Å²) in [5, 5.41) is 6.29. The van der Waals surface area contributed by atoms with Crippen LogP contribution in [0.15, 0.2) is 34.2 Å². The van der Waals surface area contributed by atoms with Gasteiger partial charge in [0.15, 0.2) is 5.96 Å². The molecule has 138 valence electrons. The molecule has 1 aromatic carbocycles. The van der Waals surface area contributed by atoms with Gasteiger partial charge in [-0.05, 0) is 31.4 Å². The first-order valence-corrected chi connectivity index (χ1v) is 9.34. The van der Waals surface area contributed by atoms with Crippen molar-refractivity contribution in [1.29, 1.82) is 0 Å². The second kappa shape index (κ2) is 11.6. The topological polar surface area (TPSA) is 82.6 Å². The molecule has 0 spiro atoms. The third-order valence-corrected chi connectivity index (χ3v) is 4.76. The minimum Gasteiger partial charge on any atom is -0.356 e. The molecular formula is C16H29IN4O2S. The quantitative estimate of drug-likeness (QED) is 0.236. The van der Waals surface area contributed by atoms with Gasteiger partial charge in [-0.1, -0.05) is 31.5 Å². The molecule has 0 unspecified atom stereocenters. The lowest BCUT2D eigenvalue weighted by molar-refractivity contribution is 0.571. The highest BCUT2D eigenvalue weighted by molar-refractivity contribution is 14.0. The molecule has 0 saturated carbocycles. The van der Waals surface area contributed by atoms with E-state index < -0.39 is 10.0 Å². The lowest BCUT2D eigenvalue weighted by Crippen LogP contribution is -2.42. The molecule has 24 heavy (non-hydrogen) atoms. The molecule has 0 fully saturated rings. The van der Waals surface area contributed by atoms with Gasteiger partial charge < -0.3 is 10.6 Å². The summed E-state index contributed by atoms with van der Waals surface area (Å²) in [6.07, 6.45) is 1.06. The van der Waals surface area contributed by atoms with E-state index in [9.17, 15) is 8.42 Å². The van der Waals surface area contributed by atoms with Crippen LogP contribution >= 0.6 is 24.0 Å². The molecular weight excluding hydrogens is 439 g/mol. The fraction of sp³-hybridized carbons (Fsp3) is 0.562. The standard InChI is InChI=1S/C16H28N4O2S.HI/c1-13(2)9-10-18-16(17-4)19-11-12-20-23(21,22)15-7-5-14(3)6-8-15;/h5-8,13,20H,9-12H2,1-4H3,(H2,17,18,19);1H. The van der Waals surface area contributed by atoms with Crippen LogP contribution in [0.3, 0.4) is 0 Å². The number of sulfonamides is 1. The molecule has 0 amide bonds. The van der Waals surface area contributed by atoms with Crippen LogP contribution in [-0.4, -0.2) is 41.1 Å². The summed E-state index contributed by atoms with van der Waals surface area (Å²) in [6, 6.07) is 6.79. The van der Waals surface area contributed by atoms with Gasteiger partial charge in [0.1, 0.15) is 0 Å². The Bertz CT molecular complexity index is 601. The fourth-order valence-corrected chi connectivity index (χ4v) is 2.90. The normalized spacial score (nSPS) is 12.0. The van der Waals surface area contributed by atoms with Crippen molar-refractivity contribution in [2.24, 2.45) is 10.9 Å². The van der Waals surface area contributed by atoms with Crippen LogP contribution in [-0.2, 0) is 10.0 Å². The van der Waals surface area contributed by atoms with Crippen molar-refractivity contribution in [3.63, 3.8) is 0 Å². The Labute approximate surface area is 163 Å². The van der Waals surface area contributed by atoms with Gasteiger partial charge in [0, 0.05) is 26.7 Å². The van der Waals surface area contributed by atoms with E-state index in [0.717, 1.165) is 18.5 Å². The first kappa shape index (κ1) is 23.1. The van der Waals surface area contributed by atoms with Crippen molar-refractivity contribution in [2.75, 3.05) is 26.7 Å². The predicted octanol–water partition coefficient (Wildman–Crippen LogP) is 2.10. The van der Waals surface area contributed by atoms with Crippen molar-refractivity contribution in [2.45, 2.75) is 32.1 Å². The van der Waals surface area contributed by atoms with Crippen LogP contribution < -0.4 is 15.4 Å². The molecule has 0 bridgehead atoms. The molecule has 0 aliphatic heterocycles. The average Bonchev–Trinajstić information content (AvgIpc) is 2.49. The highest BCUT2D eigenvalue weighted by Gasteiger charge is 2.12. The average molecular weight is 468 g/mol. The van der Waals surface area contributed by atoms with E-state index in [1.807, 2.05) is 6.92 Å². The van der Waals surface area contributed by atoms with Gasteiger partial charge >= 0.3 is 0 Å². The molecule has 1 aromatic rings. The molecule has 0 aliphatic rings. The van der Waals surface area contributed by atoms with E-state index in [4.69, 9.17) is 0 Å². The molecule has 8 heteroatoms. The first-order chi connectivity index (χ1) is 10.8. The summed E-state index contributed by atoms with van der Waals surface area (Å²) in [7, 11) is -1.76. The van der Waals surface area contributed by atoms with E-state index in [1.165, 1.54) is 0 Å². The van der Waals surface area contributed by atoms with E-state index in [1.54, 1.807) is 31.3 Å². The largest absolute Gasteiger partial charge is 0.356 e.